The minimum absolute atomic E-state index is 0.0461. The zero-order valence-electron chi connectivity index (χ0n) is 10.6. The molecule has 0 aliphatic carbocycles. The third-order valence-electron chi connectivity index (χ3n) is 2.18. The third-order valence-corrected chi connectivity index (χ3v) is 2.18. The molecule has 0 saturated heterocycles. The highest BCUT2D eigenvalue weighted by molar-refractivity contribution is 5.75. The maximum atomic E-state index is 11.3. The van der Waals surface area contributed by atoms with E-state index in [-0.39, 0.29) is 19.2 Å². The van der Waals surface area contributed by atoms with Crippen molar-refractivity contribution in [1.82, 2.24) is 5.32 Å². The van der Waals surface area contributed by atoms with Gasteiger partial charge in [-0.15, -0.1) is 0 Å². The minimum Gasteiger partial charge on any atom is -0.354 e. The van der Waals surface area contributed by atoms with E-state index in [1.165, 1.54) is 19.3 Å². The van der Waals surface area contributed by atoms with Crippen molar-refractivity contribution >= 4 is 5.91 Å². The van der Waals surface area contributed by atoms with Crippen molar-refractivity contribution in [3.8, 4) is 0 Å². The predicted octanol–water partition coefficient (Wildman–Crippen LogP) is 1.26. The van der Waals surface area contributed by atoms with Crippen LogP contribution in [0.15, 0.2) is 0 Å². The zero-order chi connectivity index (χ0) is 12.8. The Labute approximate surface area is 103 Å². The summed E-state index contributed by atoms with van der Waals surface area (Å²) in [4.78, 5) is 20.2. The van der Waals surface area contributed by atoms with E-state index in [9.17, 15) is 4.79 Å². The largest absolute Gasteiger partial charge is 0.354 e. The fourth-order valence-corrected chi connectivity index (χ4v) is 1.31. The molecular formula is C11H24N2O4. The van der Waals surface area contributed by atoms with Crippen LogP contribution in [0, 0.1) is 0 Å². The topological polar surface area (TPSA) is 82.8 Å². The zero-order valence-corrected chi connectivity index (χ0v) is 10.6. The molecule has 0 fully saturated rings. The highest BCUT2D eigenvalue weighted by atomic mass is 17.5. The summed E-state index contributed by atoms with van der Waals surface area (Å²) in [5.74, 6) is 0.0461. The van der Waals surface area contributed by atoms with Crippen LogP contribution in [0.3, 0.4) is 0 Å². The van der Waals surface area contributed by atoms with Crippen LogP contribution in [0.5, 0.6) is 0 Å². The summed E-state index contributed by atoms with van der Waals surface area (Å²) in [6.45, 7) is 2.75. The minimum atomic E-state index is -0.0654. The van der Waals surface area contributed by atoms with Gasteiger partial charge in [-0.1, -0.05) is 37.6 Å². The fourth-order valence-electron chi connectivity index (χ4n) is 1.31. The summed E-state index contributed by atoms with van der Waals surface area (Å²) in [5, 5.41) is 6.93. The van der Waals surface area contributed by atoms with E-state index in [1.807, 2.05) is 0 Å². The number of amides is 1. The van der Waals surface area contributed by atoms with E-state index in [0.717, 1.165) is 12.8 Å². The number of rotatable bonds is 12. The number of hydrogen-bond acceptors (Lipinski definition) is 5. The third kappa shape index (κ3) is 13.2. The van der Waals surface area contributed by atoms with Gasteiger partial charge >= 0.3 is 0 Å². The average molecular weight is 248 g/mol. The molecule has 0 aromatic carbocycles. The normalized spacial score (nSPS) is 10.5. The molecule has 102 valence electrons. The first-order chi connectivity index (χ1) is 8.31. The lowest BCUT2D eigenvalue weighted by Crippen LogP contribution is -2.27. The molecule has 0 radical (unpaired) electrons. The van der Waals surface area contributed by atoms with E-state index in [1.54, 1.807) is 0 Å². The Morgan fingerprint density at radius 2 is 1.94 bits per heavy atom. The molecule has 17 heavy (non-hydrogen) atoms. The van der Waals surface area contributed by atoms with Crippen molar-refractivity contribution < 1.29 is 19.6 Å². The van der Waals surface area contributed by atoms with Gasteiger partial charge in [-0.05, 0) is 6.42 Å². The number of nitrogens with one attached hydrogen (secondary N) is 1. The van der Waals surface area contributed by atoms with Gasteiger partial charge in [-0.25, -0.2) is 4.89 Å². The van der Waals surface area contributed by atoms with Crippen molar-refractivity contribution in [1.29, 1.82) is 0 Å². The van der Waals surface area contributed by atoms with Crippen LogP contribution in [-0.2, 0) is 19.6 Å². The predicted molar refractivity (Wildman–Crippen MR) is 63.6 cm³/mol. The van der Waals surface area contributed by atoms with E-state index in [2.05, 4.69) is 27.1 Å². The van der Waals surface area contributed by atoms with Gasteiger partial charge in [0.25, 0.3) is 0 Å². The van der Waals surface area contributed by atoms with Crippen LogP contribution in [0.4, 0.5) is 0 Å². The molecular weight excluding hydrogens is 224 g/mol. The molecule has 6 nitrogen and oxygen atoms in total. The maximum Gasteiger partial charge on any atom is 0.220 e. The molecule has 0 rings (SSSR count). The Morgan fingerprint density at radius 1 is 1.18 bits per heavy atom. The number of carbonyl (C=O) groups is 1. The second-order valence-corrected chi connectivity index (χ2v) is 3.69. The fraction of sp³-hybridized carbons (Fsp3) is 0.909. The van der Waals surface area contributed by atoms with Crippen LogP contribution in [0.1, 0.15) is 45.4 Å². The molecule has 0 unspecified atom stereocenters. The number of nitrogens with two attached hydrogens (primary N) is 1. The highest BCUT2D eigenvalue weighted by Gasteiger charge is 2.00. The molecule has 0 aliphatic rings. The summed E-state index contributed by atoms with van der Waals surface area (Å²) in [7, 11) is 0. The Bertz CT molecular complexity index is 179. The van der Waals surface area contributed by atoms with Gasteiger partial charge in [-0.2, -0.15) is 4.89 Å². The standard InChI is InChI=1S/C11H24N2O4/c1-2-3-4-5-6-7-11(14)13-8-9-15-17-16-10-12/h2-10,12H2,1H3,(H,13,14). The summed E-state index contributed by atoms with van der Waals surface area (Å²) < 4.78 is 0. The number of unbranched alkanes of at least 4 members (excludes halogenated alkanes) is 4. The number of carbonyl (C=O) groups excluding carboxylic acids is 1. The maximum absolute atomic E-state index is 11.3. The van der Waals surface area contributed by atoms with Crippen molar-refractivity contribution in [2.45, 2.75) is 45.4 Å². The summed E-state index contributed by atoms with van der Waals surface area (Å²) in [5.41, 5.74) is 4.98. The molecule has 0 atom stereocenters. The molecule has 0 aliphatic heterocycles. The van der Waals surface area contributed by atoms with E-state index in [4.69, 9.17) is 5.73 Å². The molecule has 0 spiro atoms. The summed E-state index contributed by atoms with van der Waals surface area (Å²) in [6, 6.07) is 0. The molecule has 0 bridgehead atoms. The SMILES string of the molecule is CCCCCCCC(=O)NCCOOOCN. The van der Waals surface area contributed by atoms with Crippen LogP contribution in [0.25, 0.3) is 0 Å². The van der Waals surface area contributed by atoms with Crippen LogP contribution < -0.4 is 11.1 Å². The van der Waals surface area contributed by atoms with Crippen molar-refractivity contribution in [3.63, 3.8) is 0 Å². The van der Waals surface area contributed by atoms with E-state index >= 15 is 0 Å². The lowest BCUT2D eigenvalue weighted by Gasteiger charge is -2.05. The lowest BCUT2D eigenvalue weighted by molar-refractivity contribution is -0.511. The van der Waals surface area contributed by atoms with Gasteiger partial charge in [0.05, 0.1) is 0 Å². The first kappa shape index (κ1) is 16.3. The molecule has 1 amide bonds. The molecule has 0 heterocycles. The Balaban J connectivity index is 3.12. The second kappa shape index (κ2) is 13.4. The smallest absolute Gasteiger partial charge is 0.220 e. The van der Waals surface area contributed by atoms with E-state index < -0.39 is 0 Å². The quantitative estimate of drug-likeness (QED) is 0.235. The van der Waals surface area contributed by atoms with Gasteiger partial charge in [0.1, 0.15) is 13.3 Å². The average Bonchev–Trinajstić information content (AvgIpc) is 2.33. The highest BCUT2D eigenvalue weighted by Crippen LogP contribution is 2.04. The van der Waals surface area contributed by atoms with Gasteiger partial charge in [0.15, 0.2) is 0 Å². The Kier molecular flexibility index (Phi) is 12.8. The molecule has 6 heteroatoms. The molecule has 0 aromatic heterocycles. The molecule has 0 saturated carbocycles. The van der Waals surface area contributed by atoms with Gasteiger partial charge in [0, 0.05) is 13.0 Å². The van der Waals surface area contributed by atoms with Crippen LogP contribution in [-0.4, -0.2) is 25.8 Å². The van der Waals surface area contributed by atoms with E-state index in [0.29, 0.717) is 13.0 Å². The van der Waals surface area contributed by atoms with Crippen molar-refractivity contribution in [2.75, 3.05) is 19.9 Å². The Hall–Kier alpha value is -0.690. The Morgan fingerprint density at radius 3 is 2.65 bits per heavy atom. The van der Waals surface area contributed by atoms with Gasteiger partial charge in [-0.3, -0.25) is 4.79 Å². The van der Waals surface area contributed by atoms with Gasteiger partial charge < -0.3 is 11.1 Å². The summed E-state index contributed by atoms with van der Waals surface area (Å²) >= 11 is 0. The van der Waals surface area contributed by atoms with Crippen LogP contribution in [0.2, 0.25) is 0 Å². The second-order valence-electron chi connectivity index (χ2n) is 3.69. The lowest BCUT2D eigenvalue weighted by atomic mass is 10.1. The molecule has 3 N–H and O–H groups in total. The summed E-state index contributed by atoms with van der Waals surface area (Å²) in [6.07, 6.45) is 6.30. The van der Waals surface area contributed by atoms with Gasteiger partial charge in [0.2, 0.25) is 5.91 Å². The monoisotopic (exact) mass is 248 g/mol. The van der Waals surface area contributed by atoms with Crippen molar-refractivity contribution in [2.24, 2.45) is 5.73 Å². The molecule has 0 aromatic rings. The first-order valence-corrected chi connectivity index (χ1v) is 6.19. The van der Waals surface area contributed by atoms with Crippen LogP contribution >= 0.6 is 0 Å². The first-order valence-electron chi connectivity index (χ1n) is 6.19. The van der Waals surface area contributed by atoms with Crippen molar-refractivity contribution in [3.05, 3.63) is 0 Å². The number of hydrogen-bond donors (Lipinski definition) is 2.